The Kier molecular flexibility index (Phi) is 10.6. The average molecular weight is 172 g/mol. The smallest absolute Gasteiger partial charge is 0.181 e. The maximum absolute atomic E-state index is 6.98. The van der Waals surface area contributed by atoms with E-state index in [9.17, 15) is 0 Å². The van der Waals surface area contributed by atoms with Gasteiger partial charge in [0.2, 0.25) is 0 Å². The van der Waals surface area contributed by atoms with E-state index in [2.05, 4.69) is 0 Å². The van der Waals surface area contributed by atoms with Crippen molar-refractivity contribution in [3.8, 4) is 0 Å². The minimum atomic E-state index is 0. The summed E-state index contributed by atoms with van der Waals surface area (Å²) in [5.41, 5.74) is 0. The van der Waals surface area contributed by atoms with Gasteiger partial charge < -0.3 is 4.74 Å². The highest BCUT2D eigenvalue weighted by Crippen LogP contribution is 1.88. The minimum absolute atomic E-state index is 0. The summed E-state index contributed by atoms with van der Waals surface area (Å²) < 4.78 is 4.78. The first kappa shape index (κ1) is 11.8. The van der Waals surface area contributed by atoms with Crippen LogP contribution in [0.5, 0.6) is 0 Å². The van der Waals surface area contributed by atoms with Crippen molar-refractivity contribution in [1.29, 1.82) is 5.41 Å². The van der Waals surface area contributed by atoms with Crippen LogP contribution in [0.25, 0.3) is 0 Å². The molecule has 1 N–H and O–H groups in total. The number of nitrogens with one attached hydrogen (secondary N) is 1. The highest BCUT2D eigenvalue weighted by Gasteiger charge is 1.91. The number of hydrogen-bond acceptors (Lipinski definition) is 2. The van der Waals surface area contributed by atoms with Gasteiger partial charge in [0.15, 0.2) is 5.90 Å². The predicted molar refractivity (Wildman–Crippen MR) is 41.9 cm³/mol. The van der Waals surface area contributed by atoms with E-state index in [-0.39, 0.29) is 18.3 Å². The van der Waals surface area contributed by atoms with E-state index in [0.717, 1.165) is 0 Å². The highest BCUT2D eigenvalue weighted by molar-refractivity contribution is 6.18. The molecule has 0 radical (unpaired) electrons. The zero-order valence-electron chi connectivity index (χ0n) is 5.32. The zero-order valence-corrected chi connectivity index (χ0v) is 6.89. The van der Waals surface area contributed by atoms with Crippen molar-refractivity contribution in [2.75, 3.05) is 12.5 Å². The van der Waals surface area contributed by atoms with E-state index >= 15 is 0 Å². The summed E-state index contributed by atoms with van der Waals surface area (Å²) in [6.45, 7) is 2.42. The molecule has 4 heteroatoms. The fraction of sp³-hybridized carbons (Fsp3) is 0.800. The lowest BCUT2D eigenvalue weighted by Crippen LogP contribution is -2.02. The lowest BCUT2D eigenvalue weighted by atomic mass is 10.5. The van der Waals surface area contributed by atoms with Crippen LogP contribution < -0.4 is 0 Å². The third kappa shape index (κ3) is 8.05. The summed E-state index contributed by atoms with van der Waals surface area (Å²) >= 11 is 5.31. The molecule has 0 aromatic heterocycles. The molecular weight excluding hydrogens is 161 g/mol. The van der Waals surface area contributed by atoms with E-state index in [1.807, 2.05) is 6.92 Å². The molecule has 0 saturated carbocycles. The van der Waals surface area contributed by atoms with Gasteiger partial charge in [0.1, 0.15) is 0 Å². The van der Waals surface area contributed by atoms with Crippen molar-refractivity contribution in [1.82, 2.24) is 0 Å². The Morgan fingerprint density at radius 1 is 1.67 bits per heavy atom. The van der Waals surface area contributed by atoms with Crippen LogP contribution in [0.15, 0.2) is 0 Å². The maximum Gasteiger partial charge on any atom is 0.181 e. The molecule has 0 atom stereocenters. The first-order chi connectivity index (χ1) is 3.81. The molecule has 0 bridgehead atoms. The van der Waals surface area contributed by atoms with Gasteiger partial charge in [0.25, 0.3) is 0 Å². The molecule has 0 unspecified atom stereocenters. The molecule has 2 nitrogen and oxygen atoms in total. The Labute approximate surface area is 66.5 Å². The van der Waals surface area contributed by atoms with Crippen molar-refractivity contribution in [3.05, 3.63) is 0 Å². The first-order valence-corrected chi connectivity index (χ1v) is 3.11. The van der Waals surface area contributed by atoms with E-state index in [4.69, 9.17) is 21.7 Å². The molecule has 0 aliphatic rings. The lowest BCUT2D eigenvalue weighted by molar-refractivity contribution is 0.316. The Morgan fingerprint density at radius 3 is 2.56 bits per heavy atom. The maximum atomic E-state index is 6.98. The topological polar surface area (TPSA) is 33.1 Å². The monoisotopic (exact) mass is 171 g/mol. The van der Waals surface area contributed by atoms with Crippen LogP contribution in [-0.4, -0.2) is 18.4 Å². The number of alkyl halides is 1. The molecule has 0 fully saturated rings. The number of ether oxygens (including phenoxy) is 1. The van der Waals surface area contributed by atoms with Crippen LogP contribution in [0.1, 0.15) is 13.3 Å². The molecular formula is C5H11Cl2NO. The zero-order chi connectivity index (χ0) is 6.41. The van der Waals surface area contributed by atoms with Gasteiger partial charge in [-0.15, -0.1) is 24.0 Å². The minimum Gasteiger partial charge on any atom is -0.481 e. The molecule has 0 amide bonds. The van der Waals surface area contributed by atoms with Crippen LogP contribution in [0.2, 0.25) is 0 Å². The predicted octanol–water partition coefficient (Wildman–Crippen LogP) is 2.05. The van der Waals surface area contributed by atoms with Crippen molar-refractivity contribution >= 4 is 29.9 Å². The van der Waals surface area contributed by atoms with Gasteiger partial charge >= 0.3 is 0 Å². The second-order valence-electron chi connectivity index (χ2n) is 1.30. The summed E-state index contributed by atoms with van der Waals surface area (Å²) in [4.78, 5) is 0. The molecule has 0 aromatic carbocycles. The molecule has 0 aliphatic heterocycles. The third-order valence-corrected chi connectivity index (χ3v) is 0.829. The normalized spacial score (nSPS) is 7.78. The number of halogens is 2. The van der Waals surface area contributed by atoms with Crippen LogP contribution in [-0.2, 0) is 4.74 Å². The first-order valence-electron chi connectivity index (χ1n) is 2.57. The van der Waals surface area contributed by atoms with Gasteiger partial charge in [0, 0.05) is 12.3 Å². The fourth-order valence-electron chi connectivity index (χ4n) is 0.332. The van der Waals surface area contributed by atoms with Gasteiger partial charge in [-0.2, -0.15) is 0 Å². The quantitative estimate of drug-likeness (QED) is 0.394. The standard InChI is InChI=1S/C5H10ClNO.ClH/c1-2-8-5(7)3-4-6;/h7H,2-4H2,1H3;1H. The van der Waals surface area contributed by atoms with Crippen LogP contribution in [0.4, 0.5) is 0 Å². The van der Waals surface area contributed by atoms with Crippen molar-refractivity contribution in [3.63, 3.8) is 0 Å². The van der Waals surface area contributed by atoms with Gasteiger partial charge in [-0.05, 0) is 6.92 Å². The third-order valence-electron chi connectivity index (χ3n) is 0.640. The van der Waals surface area contributed by atoms with E-state index < -0.39 is 0 Å². The van der Waals surface area contributed by atoms with Crippen molar-refractivity contribution in [2.24, 2.45) is 0 Å². The lowest BCUT2D eigenvalue weighted by Gasteiger charge is -1.99. The van der Waals surface area contributed by atoms with E-state index in [1.54, 1.807) is 0 Å². The van der Waals surface area contributed by atoms with Gasteiger partial charge in [-0.25, -0.2) is 0 Å². The van der Waals surface area contributed by atoms with Crippen LogP contribution in [0.3, 0.4) is 0 Å². The summed E-state index contributed by atoms with van der Waals surface area (Å²) in [6.07, 6.45) is 0.537. The molecule has 0 aromatic rings. The summed E-state index contributed by atoms with van der Waals surface area (Å²) in [5, 5.41) is 6.98. The molecule has 0 rings (SSSR count). The van der Waals surface area contributed by atoms with Crippen LogP contribution >= 0.6 is 24.0 Å². The molecule has 0 heterocycles. The molecule has 0 aliphatic carbocycles. The summed E-state index contributed by atoms with van der Waals surface area (Å²) in [5.74, 6) is 0.751. The molecule has 0 spiro atoms. The second kappa shape index (κ2) is 8.05. The number of rotatable bonds is 3. The Balaban J connectivity index is 0. The summed E-state index contributed by atoms with van der Waals surface area (Å²) in [7, 11) is 0. The van der Waals surface area contributed by atoms with Gasteiger partial charge in [0.05, 0.1) is 6.61 Å². The SMILES string of the molecule is CCOC(=N)CCCl.Cl. The Morgan fingerprint density at radius 2 is 2.22 bits per heavy atom. The largest absolute Gasteiger partial charge is 0.481 e. The fourth-order valence-corrected chi connectivity index (χ4v) is 0.504. The van der Waals surface area contributed by atoms with Gasteiger partial charge in [-0.1, -0.05) is 0 Å². The molecule has 9 heavy (non-hydrogen) atoms. The Bertz CT molecular complexity index is 69.4. The van der Waals surface area contributed by atoms with Gasteiger partial charge in [-0.3, -0.25) is 5.41 Å². The van der Waals surface area contributed by atoms with E-state index in [0.29, 0.717) is 18.9 Å². The number of hydrogen-bond donors (Lipinski definition) is 1. The Hall–Kier alpha value is 0.0500. The van der Waals surface area contributed by atoms with Crippen LogP contribution in [0, 0.1) is 5.41 Å². The highest BCUT2D eigenvalue weighted by atomic mass is 35.5. The molecule has 0 saturated heterocycles. The van der Waals surface area contributed by atoms with Crippen molar-refractivity contribution in [2.45, 2.75) is 13.3 Å². The molecule has 56 valence electrons. The second-order valence-corrected chi connectivity index (χ2v) is 1.67. The summed E-state index contributed by atoms with van der Waals surface area (Å²) in [6, 6.07) is 0. The van der Waals surface area contributed by atoms with E-state index in [1.165, 1.54) is 0 Å². The average Bonchev–Trinajstić information content (AvgIpc) is 1.68. The van der Waals surface area contributed by atoms with Crippen molar-refractivity contribution < 1.29 is 4.74 Å².